The van der Waals surface area contributed by atoms with E-state index in [4.69, 9.17) is 0 Å². The van der Waals surface area contributed by atoms with Gasteiger partial charge in [0.25, 0.3) is 0 Å². The summed E-state index contributed by atoms with van der Waals surface area (Å²) in [5.74, 6) is -0.312. The van der Waals surface area contributed by atoms with Gasteiger partial charge in [-0.1, -0.05) is 64.7 Å². The van der Waals surface area contributed by atoms with Gasteiger partial charge in [0, 0.05) is 18.3 Å². The molecule has 1 aromatic heterocycles. The van der Waals surface area contributed by atoms with Crippen LogP contribution in [0.1, 0.15) is 97.7 Å². The minimum atomic E-state index is -0.186. The highest BCUT2D eigenvalue weighted by Gasteiger charge is 2.26. The van der Waals surface area contributed by atoms with E-state index in [1.54, 1.807) is 12.1 Å². The number of rotatable bonds is 12. The Balaban J connectivity index is 1.63. The summed E-state index contributed by atoms with van der Waals surface area (Å²) >= 11 is 0. The third-order valence-electron chi connectivity index (χ3n) is 4.88. The molecule has 1 aliphatic carbocycles. The fourth-order valence-electron chi connectivity index (χ4n) is 3.30. The van der Waals surface area contributed by atoms with Crippen LogP contribution in [-0.4, -0.2) is 23.1 Å². The number of nitrogens with zero attached hydrogens (tertiary/aromatic N) is 1. The largest absolute Gasteiger partial charge is 0.382 e. The zero-order chi connectivity index (χ0) is 18.8. The molecule has 0 spiro atoms. The van der Waals surface area contributed by atoms with Crippen molar-refractivity contribution in [3.63, 3.8) is 0 Å². The summed E-state index contributed by atoms with van der Waals surface area (Å²) in [6.45, 7) is 4.80. The van der Waals surface area contributed by atoms with E-state index in [-0.39, 0.29) is 17.3 Å². The Morgan fingerprint density at radius 1 is 0.885 bits per heavy atom. The predicted molar refractivity (Wildman–Crippen MR) is 106 cm³/mol. The van der Waals surface area contributed by atoms with Gasteiger partial charge in [-0.05, 0) is 25.5 Å². The molecule has 1 aliphatic rings. The maximum atomic E-state index is 12.5. The molecule has 0 fully saturated rings. The van der Waals surface area contributed by atoms with E-state index in [0.29, 0.717) is 11.3 Å². The van der Waals surface area contributed by atoms with Crippen molar-refractivity contribution < 1.29 is 9.59 Å². The first-order chi connectivity index (χ1) is 12.6. The smallest absolute Gasteiger partial charge is 0.211 e. The van der Waals surface area contributed by atoms with Crippen LogP contribution in [0, 0.1) is 6.92 Å². The van der Waals surface area contributed by atoms with Crippen molar-refractivity contribution in [1.82, 2.24) is 10.3 Å². The van der Waals surface area contributed by atoms with E-state index in [1.807, 2.05) is 6.92 Å². The van der Waals surface area contributed by atoms with Crippen LogP contribution in [0.5, 0.6) is 0 Å². The van der Waals surface area contributed by atoms with Crippen LogP contribution in [-0.2, 0) is 0 Å². The average molecular weight is 357 g/mol. The molecule has 1 heterocycles. The number of nitrogens with one attached hydrogen (secondary N) is 1. The van der Waals surface area contributed by atoms with E-state index < -0.39 is 0 Å². The van der Waals surface area contributed by atoms with Crippen molar-refractivity contribution in [2.24, 2.45) is 0 Å². The number of ketones is 2. The minimum Gasteiger partial charge on any atom is -0.382 e. The van der Waals surface area contributed by atoms with Gasteiger partial charge < -0.3 is 5.32 Å². The van der Waals surface area contributed by atoms with Crippen LogP contribution in [0.25, 0.3) is 0 Å². The van der Waals surface area contributed by atoms with Crippen LogP contribution >= 0.6 is 0 Å². The number of Topliss-reactive ketones (excluding diaryl/α,β-unsaturated/α-hetero) is 1. The maximum absolute atomic E-state index is 12.5. The number of hydrogen-bond acceptors (Lipinski definition) is 4. The minimum absolute atomic E-state index is 0.126. The molecule has 0 saturated heterocycles. The molecule has 2 rings (SSSR count). The Morgan fingerprint density at radius 3 is 2.15 bits per heavy atom. The second-order valence-corrected chi connectivity index (χ2v) is 7.21. The molecule has 0 radical (unpaired) electrons. The zero-order valence-electron chi connectivity index (χ0n) is 16.3. The molecule has 142 valence electrons. The summed E-state index contributed by atoms with van der Waals surface area (Å²) in [4.78, 5) is 28.8. The van der Waals surface area contributed by atoms with Gasteiger partial charge in [0.2, 0.25) is 11.6 Å². The van der Waals surface area contributed by atoms with Crippen LogP contribution in [0.3, 0.4) is 0 Å². The standard InChI is InChI=1S/C22H32N2O2/c1-3-4-5-6-7-8-9-10-11-12-15-23-19-16-20(25)21-18(22(19)26)14-13-17(2)24-21/h13-14,16,23H,3-12,15H2,1-2H3. The van der Waals surface area contributed by atoms with E-state index in [2.05, 4.69) is 17.2 Å². The Morgan fingerprint density at radius 2 is 1.50 bits per heavy atom. The Labute approximate surface area is 157 Å². The number of unbranched alkanes of at least 4 members (excludes halogenated alkanes) is 9. The van der Waals surface area contributed by atoms with Gasteiger partial charge >= 0.3 is 0 Å². The van der Waals surface area contributed by atoms with E-state index in [1.165, 1.54) is 57.4 Å². The van der Waals surface area contributed by atoms with Gasteiger partial charge in [0.05, 0.1) is 11.3 Å². The van der Waals surface area contributed by atoms with Crippen molar-refractivity contribution >= 4 is 11.6 Å². The van der Waals surface area contributed by atoms with Crippen LogP contribution in [0.4, 0.5) is 0 Å². The first-order valence-electron chi connectivity index (χ1n) is 10.2. The molecule has 1 aromatic rings. The van der Waals surface area contributed by atoms with Crippen LogP contribution < -0.4 is 5.32 Å². The van der Waals surface area contributed by atoms with Crippen molar-refractivity contribution in [1.29, 1.82) is 0 Å². The van der Waals surface area contributed by atoms with Crippen molar-refractivity contribution in [2.45, 2.75) is 78.1 Å². The molecular formula is C22H32N2O2. The molecule has 0 saturated carbocycles. The molecule has 0 unspecified atom stereocenters. The quantitative estimate of drug-likeness (QED) is 0.525. The lowest BCUT2D eigenvalue weighted by molar-refractivity contribution is 0.0974. The van der Waals surface area contributed by atoms with Crippen LogP contribution in [0.2, 0.25) is 0 Å². The number of hydrogen-bond donors (Lipinski definition) is 1. The highest BCUT2D eigenvalue weighted by molar-refractivity contribution is 6.23. The lowest BCUT2D eigenvalue weighted by atomic mass is 9.96. The van der Waals surface area contributed by atoms with E-state index in [9.17, 15) is 9.59 Å². The molecule has 0 bridgehead atoms. The van der Waals surface area contributed by atoms with Crippen molar-refractivity contribution in [3.05, 3.63) is 40.9 Å². The number of carbonyl (C=O) groups excluding carboxylic acids is 2. The summed E-state index contributed by atoms with van der Waals surface area (Å²) in [5.41, 5.74) is 1.84. The lowest BCUT2D eigenvalue weighted by Gasteiger charge is -2.16. The zero-order valence-corrected chi connectivity index (χ0v) is 16.3. The van der Waals surface area contributed by atoms with Crippen molar-refractivity contribution in [3.8, 4) is 0 Å². The molecule has 1 N–H and O–H groups in total. The van der Waals surface area contributed by atoms with Gasteiger partial charge in [0.1, 0.15) is 5.69 Å². The lowest BCUT2D eigenvalue weighted by Crippen LogP contribution is -2.28. The highest BCUT2D eigenvalue weighted by atomic mass is 16.1. The first-order valence-corrected chi connectivity index (χ1v) is 10.2. The third-order valence-corrected chi connectivity index (χ3v) is 4.88. The van der Waals surface area contributed by atoms with E-state index in [0.717, 1.165) is 25.1 Å². The third kappa shape index (κ3) is 6.08. The fourth-order valence-corrected chi connectivity index (χ4v) is 3.30. The number of fused-ring (bicyclic) bond motifs is 1. The van der Waals surface area contributed by atoms with Gasteiger partial charge in [-0.2, -0.15) is 0 Å². The molecule has 0 atom stereocenters. The highest BCUT2D eigenvalue weighted by Crippen LogP contribution is 2.19. The molecule has 0 aromatic carbocycles. The number of aryl methyl sites for hydroxylation is 1. The van der Waals surface area contributed by atoms with Gasteiger partial charge in [-0.25, -0.2) is 4.98 Å². The van der Waals surface area contributed by atoms with Gasteiger partial charge in [0.15, 0.2) is 0 Å². The SMILES string of the molecule is CCCCCCCCCCCCNC1=CC(=O)c2nc(C)ccc2C1=O. The maximum Gasteiger partial charge on any atom is 0.211 e. The Kier molecular flexibility index (Phi) is 8.52. The predicted octanol–water partition coefficient (Wildman–Crippen LogP) is 5.16. The number of carbonyl (C=O) groups is 2. The average Bonchev–Trinajstić information content (AvgIpc) is 2.63. The molecule has 0 aliphatic heterocycles. The normalized spacial score (nSPS) is 13.5. The summed E-state index contributed by atoms with van der Waals surface area (Å²) in [6, 6.07) is 3.47. The summed E-state index contributed by atoms with van der Waals surface area (Å²) in [5, 5.41) is 3.15. The molecule has 4 heteroatoms. The van der Waals surface area contributed by atoms with Gasteiger partial charge in [-0.3, -0.25) is 9.59 Å². The Hall–Kier alpha value is -1.97. The monoisotopic (exact) mass is 356 g/mol. The second kappa shape index (κ2) is 10.9. The summed E-state index contributed by atoms with van der Waals surface area (Å²) in [6.07, 6.45) is 14.2. The topological polar surface area (TPSA) is 59.1 Å². The number of aromatic nitrogens is 1. The summed E-state index contributed by atoms with van der Waals surface area (Å²) < 4.78 is 0. The Bertz CT molecular complexity index is 650. The van der Waals surface area contributed by atoms with E-state index >= 15 is 0 Å². The first kappa shape index (κ1) is 20.3. The van der Waals surface area contributed by atoms with Gasteiger partial charge in [-0.15, -0.1) is 0 Å². The molecule has 4 nitrogen and oxygen atoms in total. The second-order valence-electron chi connectivity index (χ2n) is 7.21. The number of pyridine rings is 1. The molecule has 26 heavy (non-hydrogen) atoms. The van der Waals surface area contributed by atoms with Crippen molar-refractivity contribution in [2.75, 3.05) is 6.54 Å². The molecular weight excluding hydrogens is 324 g/mol. The molecule has 0 amide bonds. The van der Waals surface area contributed by atoms with Crippen LogP contribution in [0.15, 0.2) is 23.9 Å². The summed E-state index contributed by atoms with van der Waals surface area (Å²) in [7, 11) is 0. The number of allylic oxidation sites excluding steroid dienone is 2. The fraction of sp³-hybridized carbons (Fsp3) is 0.591.